The number of nitrogens with two attached hydrogens (primary N) is 1. The van der Waals surface area contributed by atoms with Gasteiger partial charge in [0.1, 0.15) is 5.75 Å². The minimum absolute atomic E-state index is 0. The molecule has 0 spiro atoms. The summed E-state index contributed by atoms with van der Waals surface area (Å²) in [5.74, 6) is 0.107. The second-order valence-electron chi connectivity index (χ2n) is 2.79. The van der Waals surface area contributed by atoms with Gasteiger partial charge in [-0.05, 0) is 18.6 Å². The molecule has 5 heteroatoms. The summed E-state index contributed by atoms with van der Waals surface area (Å²) in [6.45, 7) is -0.476. The molecular weight excluding hydrogens is 272 g/mol. The lowest BCUT2D eigenvalue weighted by atomic mass is 10.0. The first-order chi connectivity index (χ1) is 6.15. The molecule has 14 heavy (non-hydrogen) atoms. The van der Waals surface area contributed by atoms with Gasteiger partial charge in [-0.3, -0.25) is 4.39 Å². The normalized spacial score (nSPS) is 11.9. The van der Waals surface area contributed by atoms with Crippen molar-refractivity contribution in [1.29, 1.82) is 0 Å². The van der Waals surface area contributed by atoms with Gasteiger partial charge in [-0.25, -0.2) is 0 Å². The van der Waals surface area contributed by atoms with Crippen LogP contribution in [0.2, 0.25) is 0 Å². The van der Waals surface area contributed by atoms with Crippen molar-refractivity contribution in [2.45, 2.75) is 12.5 Å². The fourth-order valence-corrected chi connectivity index (χ4v) is 1.45. The van der Waals surface area contributed by atoms with Crippen molar-refractivity contribution in [3.63, 3.8) is 0 Å². The summed E-state index contributed by atoms with van der Waals surface area (Å²) in [6, 6.07) is 4.58. The van der Waals surface area contributed by atoms with Crippen molar-refractivity contribution >= 4 is 28.3 Å². The molecule has 0 aromatic heterocycles. The number of phenolic OH excluding ortho intramolecular Hbond substituents is 1. The third-order valence-corrected chi connectivity index (χ3v) is 2.31. The van der Waals surface area contributed by atoms with E-state index in [1.165, 1.54) is 0 Å². The molecule has 2 nitrogen and oxygen atoms in total. The van der Waals surface area contributed by atoms with Gasteiger partial charge in [-0.1, -0.05) is 22.0 Å². The Hall–Kier alpha value is -0.320. The molecule has 0 fully saturated rings. The zero-order valence-electron chi connectivity index (χ0n) is 7.41. The number of benzene rings is 1. The van der Waals surface area contributed by atoms with Crippen LogP contribution in [0.25, 0.3) is 0 Å². The highest BCUT2D eigenvalue weighted by Gasteiger charge is 2.10. The molecular formula is C9H12BrClFNO. The van der Waals surface area contributed by atoms with E-state index < -0.39 is 12.7 Å². The molecule has 80 valence electrons. The van der Waals surface area contributed by atoms with E-state index in [-0.39, 0.29) is 24.6 Å². The molecule has 0 aliphatic carbocycles. The summed E-state index contributed by atoms with van der Waals surface area (Å²) in [4.78, 5) is 0. The maximum Gasteiger partial charge on any atom is 0.121 e. The summed E-state index contributed by atoms with van der Waals surface area (Å²) in [5.41, 5.74) is 6.23. The standard InChI is InChI=1S/C9H11BrFNO.ClH/c10-6-1-2-7(9(13)5-6)8(12)3-4-11;/h1-2,5,8,13H,3-4,12H2;1H/t8-;/m1./s1. The average Bonchev–Trinajstić information content (AvgIpc) is 2.04. The molecule has 0 saturated carbocycles. The van der Waals surface area contributed by atoms with E-state index in [9.17, 15) is 9.50 Å². The molecule has 0 radical (unpaired) electrons. The lowest BCUT2D eigenvalue weighted by Gasteiger charge is -2.11. The van der Waals surface area contributed by atoms with Crippen molar-refractivity contribution in [1.82, 2.24) is 0 Å². The second kappa shape index (κ2) is 6.22. The SMILES string of the molecule is Cl.N[C@H](CCF)c1ccc(Br)cc1O. The largest absolute Gasteiger partial charge is 0.508 e. The summed E-state index contributed by atoms with van der Waals surface area (Å²) >= 11 is 3.21. The highest BCUT2D eigenvalue weighted by molar-refractivity contribution is 9.10. The van der Waals surface area contributed by atoms with Crippen LogP contribution in [-0.2, 0) is 0 Å². The third-order valence-electron chi connectivity index (χ3n) is 1.81. The Morgan fingerprint density at radius 3 is 2.64 bits per heavy atom. The third kappa shape index (κ3) is 3.44. The van der Waals surface area contributed by atoms with Gasteiger partial charge in [0.2, 0.25) is 0 Å². The summed E-state index contributed by atoms with van der Waals surface area (Å²) in [7, 11) is 0. The van der Waals surface area contributed by atoms with Crippen molar-refractivity contribution in [2.24, 2.45) is 5.73 Å². The highest BCUT2D eigenvalue weighted by Crippen LogP contribution is 2.27. The molecule has 0 unspecified atom stereocenters. The van der Waals surface area contributed by atoms with Gasteiger partial charge in [-0.15, -0.1) is 12.4 Å². The Bertz CT molecular complexity index is 298. The average molecular weight is 285 g/mol. The van der Waals surface area contributed by atoms with Gasteiger partial charge in [0.15, 0.2) is 0 Å². The zero-order chi connectivity index (χ0) is 9.84. The zero-order valence-corrected chi connectivity index (χ0v) is 9.81. The maximum absolute atomic E-state index is 12.0. The van der Waals surface area contributed by atoms with Crippen LogP contribution >= 0.6 is 28.3 Å². The lowest BCUT2D eigenvalue weighted by Crippen LogP contribution is -2.10. The number of hydrogen-bond acceptors (Lipinski definition) is 2. The fraction of sp³-hybridized carbons (Fsp3) is 0.333. The second-order valence-corrected chi connectivity index (χ2v) is 3.70. The van der Waals surface area contributed by atoms with Crippen molar-refractivity contribution in [2.75, 3.05) is 6.67 Å². The summed E-state index contributed by atoms with van der Waals surface area (Å²) < 4.78 is 12.7. The first kappa shape index (κ1) is 13.7. The molecule has 0 amide bonds. The van der Waals surface area contributed by atoms with E-state index in [1.54, 1.807) is 18.2 Å². The quantitative estimate of drug-likeness (QED) is 0.896. The topological polar surface area (TPSA) is 46.2 Å². The van der Waals surface area contributed by atoms with Crippen LogP contribution in [0.3, 0.4) is 0 Å². The van der Waals surface area contributed by atoms with Gasteiger partial charge < -0.3 is 10.8 Å². The van der Waals surface area contributed by atoms with Gasteiger partial charge in [0.05, 0.1) is 6.67 Å². The van der Waals surface area contributed by atoms with Gasteiger partial charge >= 0.3 is 0 Å². The molecule has 1 atom stereocenters. The number of halogens is 3. The molecule has 0 aliphatic rings. The number of aromatic hydroxyl groups is 1. The van der Waals surface area contributed by atoms with Gasteiger partial charge in [0, 0.05) is 16.1 Å². The predicted octanol–water partition coefficient (Wildman–Crippen LogP) is 2.94. The van der Waals surface area contributed by atoms with Crippen LogP contribution in [0.5, 0.6) is 5.75 Å². The van der Waals surface area contributed by atoms with Gasteiger partial charge in [-0.2, -0.15) is 0 Å². The molecule has 3 N–H and O–H groups in total. The first-order valence-electron chi connectivity index (χ1n) is 3.95. The van der Waals surface area contributed by atoms with Crippen LogP contribution in [0, 0.1) is 0 Å². The number of hydrogen-bond donors (Lipinski definition) is 2. The minimum Gasteiger partial charge on any atom is -0.508 e. The highest BCUT2D eigenvalue weighted by atomic mass is 79.9. The predicted molar refractivity (Wildman–Crippen MR) is 60.6 cm³/mol. The number of rotatable bonds is 3. The molecule has 1 rings (SSSR count). The van der Waals surface area contributed by atoms with Crippen molar-refractivity contribution < 1.29 is 9.50 Å². The fourth-order valence-electron chi connectivity index (χ4n) is 1.10. The Morgan fingerprint density at radius 1 is 1.50 bits per heavy atom. The summed E-state index contributed by atoms with van der Waals surface area (Å²) in [5, 5.41) is 9.46. The Kier molecular flexibility index (Phi) is 6.08. The molecule has 1 aromatic carbocycles. The van der Waals surface area contributed by atoms with Crippen LogP contribution in [0.4, 0.5) is 4.39 Å². The molecule has 0 saturated heterocycles. The van der Waals surface area contributed by atoms with E-state index >= 15 is 0 Å². The minimum atomic E-state index is -0.476. The van der Waals surface area contributed by atoms with E-state index in [4.69, 9.17) is 5.73 Å². The van der Waals surface area contributed by atoms with E-state index in [2.05, 4.69) is 15.9 Å². The Balaban J connectivity index is 0.00000169. The molecule has 0 heterocycles. The lowest BCUT2D eigenvalue weighted by molar-refractivity contribution is 0.424. The first-order valence-corrected chi connectivity index (χ1v) is 4.74. The van der Waals surface area contributed by atoms with Crippen LogP contribution < -0.4 is 5.73 Å². The van der Waals surface area contributed by atoms with Crippen molar-refractivity contribution in [3.05, 3.63) is 28.2 Å². The van der Waals surface area contributed by atoms with Gasteiger partial charge in [0.25, 0.3) is 0 Å². The Labute approximate surface area is 96.8 Å². The smallest absolute Gasteiger partial charge is 0.121 e. The van der Waals surface area contributed by atoms with E-state index in [0.717, 1.165) is 4.47 Å². The van der Waals surface area contributed by atoms with Crippen LogP contribution in [0.1, 0.15) is 18.0 Å². The maximum atomic E-state index is 12.0. The van der Waals surface area contributed by atoms with E-state index in [0.29, 0.717) is 5.56 Å². The number of phenols is 1. The molecule has 1 aromatic rings. The Morgan fingerprint density at radius 2 is 2.14 bits per heavy atom. The van der Waals surface area contributed by atoms with Crippen LogP contribution in [0.15, 0.2) is 22.7 Å². The van der Waals surface area contributed by atoms with Crippen molar-refractivity contribution in [3.8, 4) is 5.75 Å². The summed E-state index contributed by atoms with van der Waals surface area (Å²) in [6.07, 6.45) is 0.231. The van der Waals surface area contributed by atoms with Crippen LogP contribution in [-0.4, -0.2) is 11.8 Å². The monoisotopic (exact) mass is 283 g/mol. The molecule has 0 bridgehead atoms. The molecule has 0 aliphatic heterocycles. The number of alkyl halides is 1. The van der Waals surface area contributed by atoms with E-state index in [1.807, 2.05) is 0 Å².